The summed E-state index contributed by atoms with van der Waals surface area (Å²) in [5, 5.41) is 5.90. The number of hydrogen-bond donors (Lipinski definition) is 2. The first kappa shape index (κ1) is 23.2. The number of nitrogens with zero attached hydrogens (tertiary/aromatic N) is 4. The van der Waals surface area contributed by atoms with E-state index < -0.39 is 18.0 Å². The summed E-state index contributed by atoms with van der Waals surface area (Å²) < 4.78 is 20.2. The van der Waals surface area contributed by atoms with Crippen LogP contribution in [0.4, 0.5) is 20.6 Å². The molecule has 33 heavy (non-hydrogen) atoms. The number of carbonyl (C=O) groups is 3. The Kier molecular flexibility index (Phi) is 7.29. The molecule has 0 aliphatic carbocycles. The number of carbonyl (C=O) groups excluding carboxylic acids is 3. The van der Waals surface area contributed by atoms with Crippen LogP contribution in [0.25, 0.3) is 0 Å². The van der Waals surface area contributed by atoms with Gasteiger partial charge in [0.05, 0.1) is 31.0 Å². The number of amides is 3. The summed E-state index contributed by atoms with van der Waals surface area (Å²) in [6, 6.07) is 4.69. The lowest BCUT2D eigenvalue weighted by atomic mass is 10.2. The Morgan fingerprint density at radius 2 is 1.88 bits per heavy atom. The zero-order valence-corrected chi connectivity index (χ0v) is 18.9. The van der Waals surface area contributed by atoms with Crippen LogP contribution < -0.4 is 20.4 Å². The van der Waals surface area contributed by atoms with Gasteiger partial charge in [0, 0.05) is 59.3 Å². The lowest BCUT2D eigenvalue weighted by molar-refractivity contribution is -0.132. The van der Waals surface area contributed by atoms with Crippen molar-refractivity contribution >= 4 is 29.3 Å². The van der Waals surface area contributed by atoms with E-state index in [9.17, 15) is 18.8 Å². The van der Waals surface area contributed by atoms with Gasteiger partial charge in [-0.2, -0.15) is 0 Å². The number of halogens is 1. The van der Waals surface area contributed by atoms with Crippen LogP contribution >= 0.6 is 0 Å². The molecule has 11 heteroatoms. The van der Waals surface area contributed by atoms with E-state index in [-0.39, 0.29) is 24.9 Å². The van der Waals surface area contributed by atoms with Crippen molar-refractivity contribution in [1.82, 2.24) is 20.4 Å². The number of nitrogens with one attached hydrogen (secondary N) is 2. The Labute approximate surface area is 192 Å². The first-order chi connectivity index (χ1) is 15.9. The minimum absolute atomic E-state index is 0.119. The van der Waals surface area contributed by atoms with Gasteiger partial charge in [-0.3, -0.25) is 19.4 Å². The minimum atomic E-state index is -0.561. The number of cyclic esters (lactones) is 1. The number of ether oxygens (including phenoxy) is 1. The van der Waals surface area contributed by atoms with Crippen LogP contribution in [-0.2, 0) is 14.3 Å². The highest BCUT2D eigenvalue weighted by Crippen LogP contribution is 2.28. The summed E-state index contributed by atoms with van der Waals surface area (Å²) in [5.41, 5.74) is 0.867. The molecule has 1 atom stereocenters. The highest BCUT2D eigenvalue weighted by atomic mass is 19.1. The number of hydrogen-bond acceptors (Lipinski definition) is 7. The van der Waals surface area contributed by atoms with Crippen molar-refractivity contribution in [3.63, 3.8) is 0 Å². The molecule has 0 radical (unpaired) electrons. The zero-order chi connectivity index (χ0) is 23.4. The predicted octanol–water partition coefficient (Wildman–Crippen LogP) is -0.159. The SMILES string of the molecule is CC(=O)NC[C@H]1CN(c2ccc(N3CCN(C(=O)CN4CCNCC4)CC3)c(F)c2)C(=O)O1. The van der Waals surface area contributed by atoms with E-state index in [1.807, 2.05) is 9.80 Å². The standard InChI is InChI=1S/C22H31FN6O4/c1-16(30)25-13-18-14-29(22(32)33-18)17-2-3-20(19(23)12-17)27-8-10-28(11-9-27)21(31)15-26-6-4-24-5-7-26/h2-3,12,18,24H,4-11,13-15H2,1H3,(H,25,30)/t18-/m0/s1. The van der Waals surface area contributed by atoms with Gasteiger partial charge < -0.3 is 25.2 Å². The molecule has 1 aromatic rings. The summed E-state index contributed by atoms with van der Waals surface area (Å²) in [7, 11) is 0. The van der Waals surface area contributed by atoms with Gasteiger partial charge in [-0.25, -0.2) is 9.18 Å². The molecule has 2 N–H and O–H groups in total. The van der Waals surface area contributed by atoms with Crippen LogP contribution in [0.3, 0.4) is 0 Å². The maximum atomic E-state index is 15.0. The smallest absolute Gasteiger partial charge is 0.414 e. The molecule has 0 spiro atoms. The number of piperazine rings is 2. The Bertz CT molecular complexity index is 886. The van der Waals surface area contributed by atoms with Gasteiger partial charge in [-0.1, -0.05) is 0 Å². The zero-order valence-electron chi connectivity index (χ0n) is 18.9. The average Bonchev–Trinajstić information content (AvgIpc) is 3.19. The van der Waals surface area contributed by atoms with E-state index in [0.29, 0.717) is 44.1 Å². The number of rotatable bonds is 6. The average molecular weight is 463 g/mol. The molecule has 4 rings (SSSR count). The van der Waals surface area contributed by atoms with E-state index in [1.54, 1.807) is 12.1 Å². The Morgan fingerprint density at radius 3 is 2.55 bits per heavy atom. The van der Waals surface area contributed by atoms with Crippen molar-refractivity contribution in [2.75, 3.05) is 81.8 Å². The highest BCUT2D eigenvalue weighted by Gasteiger charge is 2.33. The second-order valence-corrected chi connectivity index (χ2v) is 8.58. The van der Waals surface area contributed by atoms with Gasteiger partial charge in [0.15, 0.2) is 0 Å². The molecule has 3 fully saturated rings. The number of benzene rings is 1. The molecule has 0 aromatic heterocycles. The molecule has 3 saturated heterocycles. The second kappa shape index (κ2) is 10.3. The summed E-state index contributed by atoms with van der Waals surface area (Å²) in [6.45, 7) is 8.05. The molecule has 10 nitrogen and oxygen atoms in total. The van der Waals surface area contributed by atoms with Gasteiger partial charge in [-0.05, 0) is 18.2 Å². The lowest BCUT2D eigenvalue weighted by Gasteiger charge is -2.37. The van der Waals surface area contributed by atoms with Gasteiger partial charge in [0.25, 0.3) is 0 Å². The molecule has 0 bridgehead atoms. The van der Waals surface area contributed by atoms with Crippen LogP contribution in [0.15, 0.2) is 18.2 Å². The Morgan fingerprint density at radius 1 is 1.15 bits per heavy atom. The Balaban J connectivity index is 1.31. The normalized spacial score (nSPS) is 21.8. The molecule has 0 unspecified atom stereocenters. The van der Waals surface area contributed by atoms with Gasteiger partial charge in [-0.15, -0.1) is 0 Å². The molecule has 180 valence electrons. The lowest BCUT2D eigenvalue weighted by Crippen LogP contribution is -2.53. The fourth-order valence-corrected chi connectivity index (χ4v) is 4.37. The van der Waals surface area contributed by atoms with Crippen LogP contribution in [0, 0.1) is 5.82 Å². The molecule has 1 aromatic carbocycles. The van der Waals surface area contributed by atoms with E-state index in [2.05, 4.69) is 15.5 Å². The monoisotopic (exact) mass is 462 g/mol. The van der Waals surface area contributed by atoms with E-state index in [1.165, 1.54) is 17.9 Å². The van der Waals surface area contributed by atoms with Gasteiger partial charge in [0.2, 0.25) is 11.8 Å². The van der Waals surface area contributed by atoms with Crippen LogP contribution in [0.1, 0.15) is 6.92 Å². The van der Waals surface area contributed by atoms with Crippen molar-refractivity contribution in [1.29, 1.82) is 0 Å². The van der Waals surface area contributed by atoms with E-state index >= 15 is 0 Å². The predicted molar refractivity (Wildman–Crippen MR) is 121 cm³/mol. The molecule has 0 saturated carbocycles. The van der Waals surface area contributed by atoms with Crippen LogP contribution in [0.2, 0.25) is 0 Å². The van der Waals surface area contributed by atoms with E-state index in [0.717, 1.165) is 26.2 Å². The first-order valence-electron chi connectivity index (χ1n) is 11.4. The Hall–Kier alpha value is -2.92. The summed E-state index contributed by atoms with van der Waals surface area (Å²) in [4.78, 5) is 43.2. The molecule has 3 amide bonds. The summed E-state index contributed by atoms with van der Waals surface area (Å²) in [5.74, 6) is -0.509. The fraction of sp³-hybridized carbons (Fsp3) is 0.591. The summed E-state index contributed by atoms with van der Waals surface area (Å²) >= 11 is 0. The number of anilines is 2. The fourth-order valence-electron chi connectivity index (χ4n) is 4.37. The van der Waals surface area contributed by atoms with Crippen molar-refractivity contribution in [2.24, 2.45) is 0 Å². The maximum absolute atomic E-state index is 15.0. The maximum Gasteiger partial charge on any atom is 0.414 e. The van der Waals surface area contributed by atoms with Crippen LogP contribution in [0.5, 0.6) is 0 Å². The third-order valence-corrected chi connectivity index (χ3v) is 6.24. The highest BCUT2D eigenvalue weighted by molar-refractivity contribution is 5.90. The third-order valence-electron chi connectivity index (χ3n) is 6.24. The molecule has 3 aliphatic heterocycles. The summed E-state index contributed by atoms with van der Waals surface area (Å²) in [6.07, 6.45) is -1.04. The van der Waals surface area contributed by atoms with Gasteiger partial charge >= 0.3 is 6.09 Å². The van der Waals surface area contributed by atoms with Crippen molar-refractivity contribution in [3.8, 4) is 0 Å². The third kappa shape index (κ3) is 5.72. The second-order valence-electron chi connectivity index (χ2n) is 8.58. The quantitative estimate of drug-likeness (QED) is 0.607. The largest absolute Gasteiger partial charge is 0.442 e. The van der Waals surface area contributed by atoms with Crippen molar-refractivity contribution < 1.29 is 23.5 Å². The van der Waals surface area contributed by atoms with Crippen molar-refractivity contribution in [3.05, 3.63) is 24.0 Å². The minimum Gasteiger partial charge on any atom is -0.442 e. The van der Waals surface area contributed by atoms with Gasteiger partial charge in [0.1, 0.15) is 11.9 Å². The molecular weight excluding hydrogens is 431 g/mol. The van der Waals surface area contributed by atoms with Crippen LogP contribution in [-0.4, -0.2) is 106 Å². The molecule has 3 aliphatic rings. The van der Waals surface area contributed by atoms with E-state index in [4.69, 9.17) is 4.74 Å². The topological polar surface area (TPSA) is 97.5 Å². The van der Waals surface area contributed by atoms with Crippen molar-refractivity contribution in [2.45, 2.75) is 13.0 Å². The molecule has 3 heterocycles. The molecular formula is C22H31FN6O4. The first-order valence-corrected chi connectivity index (χ1v) is 11.4.